The van der Waals surface area contributed by atoms with Crippen molar-refractivity contribution in [2.45, 2.75) is 51.5 Å². The second-order valence-corrected chi connectivity index (χ2v) is 4.70. The maximum Gasteiger partial charge on any atom is 0.00387 e. The van der Waals surface area contributed by atoms with Crippen molar-refractivity contribution in [3.8, 4) is 0 Å². The lowest BCUT2D eigenvalue weighted by molar-refractivity contribution is 0.234. The molecule has 0 aromatic heterocycles. The van der Waals surface area contributed by atoms with Gasteiger partial charge >= 0.3 is 0 Å². The van der Waals surface area contributed by atoms with Gasteiger partial charge in [0.05, 0.1) is 0 Å². The highest BCUT2D eigenvalue weighted by molar-refractivity contribution is 4.97. The van der Waals surface area contributed by atoms with E-state index in [2.05, 4.69) is 6.92 Å². The van der Waals surface area contributed by atoms with Gasteiger partial charge in [-0.25, -0.2) is 0 Å². The van der Waals surface area contributed by atoms with Gasteiger partial charge in [-0.05, 0) is 56.8 Å². The first-order valence-electron chi connectivity index (χ1n) is 4.97. The number of hydrogen-bond acceptors (Lipinski definition) is 1. The molecule has 0 bridgehead atoms. The van der Waals surface area contributed by atoms with Crippen LogP contribution in [0.25, 0.3) is 0 Å². The van der Waals surface area contributed by atoms with Gasteiger partial charge in [0.2, 0.25) is 0 Å². The summed E-state index contributed by atoms with van der Waals surface area (Å²) < 4.78 is 0. The van der Waals surface area contributed by atoms with Crippen LogP contribution in [0.1, 0.15) is 45.4 Å². The molecule has 0 aliphatic heterocycles. The summed E-state index contributed by atoms with van der Waals surface area (Å²) in [4.78, 5) is 0. The zero-order valence-electron chi connectivity index (χ0n) is 7.47. The second kappa shape index (κ2) is 2.48. The van der Waals surface area contributed by atoms with Crippen molar-refractivity contribution >= 4 is 0 Å². The molecule has 0 heterocycles. The predicted molar refractivity (Wildman–Crippen MR) is 47.3 cm³/mol. The maximum absolute atomic E-state index is 5.88. The molecule has 2 N–H and O–H groups in total. The van der Waals surface area contributed by atoms with Crippen LogP contribution < -0.4 is 5.73 Å². The lowest BCUT2D eigenvalue weighted by Gasteiger charge is -2.30. The van der Waals surface area contributed by atoms with Crippen molar-refractivity contribution in [1.29, 1.82) is 0 Å². The molecule has 1 heteroatoms. The fourth-order valence-electron chi connectivity index (χ4n) is 2.46. The number of hydrogen-bond donors (Lipinski definition) is 1. The first-order valence-corrected chi connectivity index (χ1v) is 4.97. The van der Waals surface area contributed by atoms with Gasteiger partial charge in [0.15, 0.2) is 0 Å². The summed E-state index contributed by atoms with van der Waals surface area (Å²) in [6.07, 6.45) is 8.77. The standard InChI is InChI=1S/C10H19N/c1-8(11)9-2-4-10(5-3-9)6-7-10/h8-9H,2-7,11H2,1H3. The van der Waals surface area contributed by atoms with Gasteiger partial charge in [-0.2, -0.15) is 0 Å². The van der Waals surface area contributed by atoms with Crippen molar-refractivity contribution in [2.75, 3.05) is 0 Å². The van der Waals surface area contributed by atoms with E-state index in [0.717, 1.165) is 11.3 Å². The molecule has 1 atom stereocenters. The first-order chi connectivity index (χ1) is 5.22. The van der Waals surface area contributed by atoms with Crippen LogP contribution in [0, 0.1) is 11.3 Å². The van der Waals surface area contributed by atoms with Crippen molar-refractivity contribution in [3.05, 3.63) is 0 Å². The fourth-order valence-corrected chi connectivity index (χ4v) is 2.46. The Balaban J connectivity index is 1.84. The van der Waals surface area contributed by atoms with E-state index in [1.54, 1.807) is 0 Å². The van der Waals surface area contributed by atoms with E-state index in [1.807, 2.05) is 0 Å². The van der Waals surface area contributed by atoms with Gasteiger partial charge < -0.3 is 5.73 Å². The summed E-state index contributed by atoms with van der Waals surface area (Å²) in [5.74, 6) is 0.834. The molecule has 1 nitrogen and oxygen atoms in total. The molecule has 2 rings (SSSR count). The molecule has 1 unspecified atom stereocenters. The SMILES string of the molecule is CC(N)C1CCC2(CC1)CC2. The Bertz CT molecular complexity index is 137. The monoisotopic (exact) mass is 153 g/mol. The smallest absolute Gasteiger partial charge is 0.00387 e. The maximum atomic E-state index is 5.88. The van der Waals surface area contributed by atoms with Gasteiger partial charge in [-0.3, -0.25) is 0 Å². The molecule has 0 saturated heterocycles. The molecule has 0 aromatic carbocycles. The van der Waals surface area contributed by atoms with Crippen LogP contribution in [0.2, 0.25) is 0 Å². The van der Waals surface area contributed by atoms with Crippen molar-refractivity contribution in [1.82, 2.24) is 0 Å². The summed E-state index contributed by atoms with van der Waals surface area (Å²) in [6.45, 7) is 2.16. The minimum atomic E-state index is 0.436. The van der Waals surface area contributed by atoms with E-state index in [1.165, 1.54) is 38.5 Å². The Hall–Kier alpha value is -0.0400. The molecule has 11 heavy (non-hydrogen) atoms. The van der Waals surface area contributed by atoms with Crippen LogP contribution in [-0.2, 0) is 0 Å². The molecule has 1 spiro atoms. The summed E-state index contributed by atoms with van der Waals surface area (Å²) in [6, 6.07) is 0.436. The fraction of sp³-hybridized carbons (Fsp3) is 1.00. The van der Waals surface area contributed by atoms with Crippen LogP contribution in [-0.4, -0.2) is 6.04 Å². The Morgan fingerprint density at radius 2 is 1.73 bits per heavy atom. The lowest BCUT2D eigenvalue weighted by atomic mass is 9.77. The van der Waals surface area contributed by atoms with Gasteiger partial charge in [0.25, 0.3) is 0 Å². The Labute approximate surface area is 69.4 Å². The largest absolute Gasteiger partial charge is 0.328 e. The van der Waals surface area contributed by atoms with Gasteiger partial charge in [0, 0.05) is 6.04 Å². The highest BCUT2D eigenvalue weighted by Crippen LogP contribution is 2.57. The topological polar surface area (TPSA) is 26.0 Å². The molecular weight excluding hydrogens is 134 g/mol. The minimum absolute atomic E-state index is 0.436. The molecular formula is C10H19N. The number of rotatable bonds is 1. The normalized spacial score (nSPS) is 32.2. The zero-order valence-corrected chi connectivity index (χ0v) is 7.47. The summed E-state index contributed by atoms with van der Waals surface area (Å²) in [7, 11) is 0. The summed E-state index contributed by atoms with van der Waals surface area (Å²) >= 11 is 0. The third-order valence-corrected chi connectivity index (χ3v) is 3.79. The molecule has 2 aliphatic rings. The molecule has 64 valence electrons. The van der Waals surface area contributed by atoms with Crippen LogP contribution in [0.3, 0.4) is 0 Å². The molecule has 2 fully saturated rings. The first kappa shape index (κ1) is 7.60. The van der Waals surface area contributed by atoms with E-state index in [9.17, 15) is 0 Å². The van der Waals surface area contributed by atoms with Crippen LogP contribution >= 0.6 is 0 Å². The average molecular weight is 153 g/mol. The van der Waals surface area contributed by atoms with Crippen molar-refractivity contribution in [2.24, 2.45) is 17.1 Å². The molecule has 0 radical (unpaired) electrons. The second-order valence-electron chi connectivity index (χ2n) is 4.70. The third-order valence-electron chi connectivity index (χ3n) is 3.79. The lowest BCUT2D eigenvalue weighted by Crippen LogP contribution is -2.30. The molecule has 2 saturated carbocycles. The van der Waals surface area contributed by atoms with Crippen LogP contribution in [0.15, 0.2) is 0 Å². The van der Waals surface area contributed by atoms with Crippen molar-refractivity contribution in [3.63, 3.8) is 0 Å². The average Bonchev–Trinajstić information content (AvgIpc) is 2.70. The Morgan fingerprint density at radius 1 is 1.18 bits per heavy atom. The van der Waals surface area contributed by atoms with E-state index < -0.39 is 0 Å². The Kier molecular flexibility index (Phi) is 1.71. The van der Waals surface area contributed by atoms with Crippen molar-refractivity contribution < 1.29 is 0 Å². The predicted octanol–water partition coefficient (Wildman–Crippen LogP) is 2.30. The quantitative estimate of drug-likeness (QED) is 0.614. The van der Waals surface area contributed by atoms with Gasteiger partial charge in [0.1, 0.15) is 0 Å². The van der Waals surface area contributed by atoms with E-state index in [4.69, 9.17) is 5.73 Å². The molecule has 2 aliphatic carbocycles. The minimum Gasteiger partial charge on any atom is -0.328 e. The van der Waals surface area contributed by atoms with E-state index in [0.29, 0.717) is 6.04 Å². The molecule has 0 amide bonds. The van der Waals surface area contributed by atoms with E-state index in [-0.39, 0.29) is 0 Å². The molecule has 0 aromatic rings. The van der Waals surface area contributed by atoms with Gasteiger partial charge in [-0.1, -0.05) is 0 Å². The Morgan fingerprint density at radius 3 is 2.09 bits per heavy atom. The third kappa shape index (κ3) is 1.44. The number of nitrogens with two attached hydrogens (primary N) is 1. The highest BCUT2D eigenvalue weighted by atomic mass is 14.6. The van der Waals surface area contributed by atoms with Crippen LogP contribution in [0.4, 0.5) is 0 Å². The summed E-state index contributed by atoms with van der Waals surface area (Å²) in [5, 5.41) is 0. The summed E-state index contributed by atoms with van der Waals surface area (Å²) in [5.41, 5.74) is 6.71. The van der Waals surface area contributed by atoms with E-state index >= 15 is 0 Å². The zero-order chi connectivity index (χ0) is 7.90. The van der Waals surface area contributed by atoms with Crippen LogP contribution in [0.5, 0.6) is 0 Å². The highest BCUT2D eigenvalue weighted by Gasteiger charge is 2.44. The van der Waals surface area contributed by atoms with Gasteiger partial charge in [-0.15, -0.1) is 0 Å².